The molecule has 2 heteroatoms. The second kappa shape index (κ2) is 5.88. The van der Waals surface area contributed by atoms with E-state index in [2.05, 4.69) is 11.8 Å². The maximum atomic E-state index is 12.0. The molecular formula is C17H15NO. The number of benzene rings is 2. The van der Waals surface area contributed by atoms with Crippen LogP contribution in [0.5, 0.6) is 0 Å². The Morgan fingerprint density at radius 1 is 1.05 bits per heavy atom. The van der Waals surface area contributed by atoms with Crippen LogP contribution in [0.25, 0.3) is 0 Å². The van der Waals surface area contributed by atoms with Crippen LogP contribution in [0.15, 0.2) is 54.6 Å². The van der Waals surface area contributed by atoms with E-state index in [1.807, 2.05) is 61.5 Å². The molecule has 2 aromatic rings. The lowest BCUT2D eigenvalue weighted by atomic mass is 10.1. The Bertz CT molecular complexity index is 635. The molecule has 2 nitrogen and oxygen atoms in total. The number of carbonyl (C=O) groups is 1. The second-order valence-electron chi connectivity index (χ2n) is 4.32. The molecule has 0 heterocycles. The molecule has 0 atom stereocenters. The Morgan fingerprint density at radius 3 is 2.47 bits per heavy atom. The van der Waals surface area contributed by atoms with Crippen molar-refractivity contribution in [1.82, 2.24) is 0 Å². The van der Waals surface area contributed by atoms with Crippen molar-refractivity contribution in [2.75, 3.05) is 11.9 Å². The molecule has 0 fully saturated rings. The molecular weight excluding hydrogens is 234 g/mol. The largest absolute Gasteiger partial charge is 0.305 e. The van der Waals surface area contributed by atoms with Gasteiger partial charge in [0.05, 0.1) is 0 Å². The lowest BCUT2D eigenvalue weighted by Gasteiger charge is -2.13. The molecule has 2 aromatic carbocycles. The van der Waals surface area contributed by atoms with Crippen molar-refractivity contribution in [1.29, 1.82) is 0 Å². The van der Waals surface area contributed by atoms with Crippen molar-refractivity contribution >= 4 is 11.6 Å². The molecule has 0 saturated carbocycles. The van der Waals surface area contributed by atoms with Crippen molar-refractivity contribution in [3.8, 4) is 11.8 Å². The molecule has 0 aliphatic rings. The Kier molecular flexibility index (Phi) is 4.00. The van der Waals surface area contributed by atoms with Gasteiger partial charge in [0.1, 0.15) is 0 Å². The third-order valence-electron chi connectivity index (χ3n) is 2.78. The number of carbonyl (C=O) groups excluding carboxylic acids is 1. The number of amides is 1. The molecule has 0 saturated heterocycles. The zero-order chi connectivity index (χ0) is 13.7. The monoisotopic (exact) mass is 249 g/mol. The van der Waals surface area contributed by atoms with Crippen LogP contribution in [-0.4, -0.2) is 13.0 Å². The Balaban J connectivity index is 2.14. The van der Waals surface area contributed by atoms with Crippen molar-refractivity contribution in [2.45, 2.75) is 6.92 Å². The van der Waals surface area contributed by atoms with E-state index in [0.717, 1.165) is 16.8 Å². The van der Waals surface area contributed by atoms with Crippen LogP contribution in [0.2, 0.25) is 0 Å². The van der Waals surface area contributed by atoms with Gasteiger partial charge in [0.2, 0.25) is 0 Å². The Hall–Kier alpha value is -2.53. The van der Waals surface area contributed by atoms with Crippen molar-refractivity contribution < 1.29 is 4.79 Å². The fourth-order valence-corrected chi connectivity index (χ4v) is 1.70. The van der Waals surface area contributed by atoms with E-state index in [0.29, 0.717) is 0 Å². The van der Waals surface area contributed by atoms with Gasteiger partial charge >= 0.3 is 5.91 Å². The predicted octanol–water partition coefficient (Wildman–Crippen LogP) is 3.01. The summed E-state index contributed by atoms with van der Waals surface area (Å²) < 4.78 is 0. The van der Waals surface area contributed by atoms with E-state index in [-0.39, 0.29) is 5.91 Å². The Labute approximate surface area is 113 Å². The minimum atomic E-state index is -0.215. The van der Waals surface area contributed by atoms with Crippen molar-refractivity contribution in [2.24, 2.45) is 0 Å². The quantitative estimate of drug-likeness (QED) is 0.711. The summed E-state index contributed by atoms with van der Waals surface area (Å²) in [4.78, 5) is 13.5. The topological polar surface area (TPSA) is 20.3 Å². The standard InChI is InChI=1S/C17H15NO/c1-14-7-6-8-15(13-14)11-12-17(19)18(2)16-9-4-3-5-10-16/h3-10,13H,1-2H3. The smallest absolute Gasteiger partial charge is 0.302 e. The van der Waals surface area contributed by atoms with Gasteiger partial charge in [0.15, 0.2) is 0 Å². The summed E-state index contributed by atoms with van der Waals surface area (Å²) in [5.41, 5.74) is 2.83. The number of hydrogen-bond donors (Lipinski definition) is 0. The van der Waals surface area contributed by atoms with Gasteiger partial charge in [-0.25, -0.2) is 0 Å². The summed E-state index contributed by atoms with van der Waals surface area (Å²) in [6.45, 7) is 2.00. The van der Waals surface area contributed by atoms with Gasteiger partial charge in [-0.1, -0.05) is 36.3 Å². The molecule has 0 aromatic heterocycles. The van der Waals surface area contributed by atoms with Crippen molar-refractivity contribution in [3.63, 3.8) is 0 Å². The summed E-state index contributed by atoms with van der Waals surface area (Å²) >= 11 is 0. The molecule has 0 bridgehead atoms. The predicted molar refractivity (Wildman–Crippen MR) is 77.9 cm³/mol. The van der Waals surface area contributed by atoms with Crippen LogP contribution >= 0.6 is 0 Å². The number of hydrogen-bond acceptors (Lipinski definition) is 1. The molecule has 94 valence electrons. The van der Waals surface area contributed by atoms with Gasteiger partial charge in [0, 0.05) is 24.2 Å². The minimum absolute atomic E-state index is 0.215. The van der Waals surface area contributed by atoms with Crippen LogP contribution in [0.4, 0.5) is 5.69 Å². The highest BCUT2D eigenvalue weighted by molar-refractivity contribution is 6.05. The van der Waals surface area contributed by atoms with Crippen molar-refractivity contribution in [3.05, 3.63) is 65.7 Å². The SMILES string of the molecule is Cc1cccc(C#CC(=O)N(C)c2ccccc2)c1. The molecule has 1 amide bonds. The molecule has 0 spiro atoms. The zero-order valence-corrected chi connectivity index (χ0v) is 11.1. The first-order valence-corrected chi connectivity index (χ1v) is 6.08. The molecule has 0 N–H and O–H groups in total. The van der Waals surface area contributed by atoms with Crippen LogP contribution < -0.4 is 4.90 Å². The van der Waals surface area contributed by atoms with Gasteiger partial charge in [-0.2, -0.15) is 0 Å². The number of aryl methyl sites for hydroxylation is 1. The summed E-state index contributed by atoms with van der Waals surface area (Å²) in [5, 5.41) is 0. The summed E-state index contributed by atoms with van der Waals surface area (Å²) in [6, 6.07) is 17.3. The summed E-state index contributed by atoms with van der Waals surface area (Å²) in [7, 11) is 1.72. The minimum Gasteiger partial charge on any atom is -0.305 e. The third kappa shape index (κ3) is 3.46. The number of rotatable bonds is 1. The molecule has 0 aliphatic heterocycles. The molecule has 0 radical (unpaired) electrons. The van der Waals surface area contributed by atoms with Crippen LogP contribution in [-0.2, 0) is 4.79 Å². The highest BCUT2D eigenvalue weighted by Gasteiger charge is 2.06. The zero-order valence-electron chi connectivity index (χ0n) is 11.1. The highest BCUT2D eigenvalue weighted by Crippen LogP contribution is 2.10. The summed E-state index contributed by atoms with van der Waals surface area (Å²) in [6.07, 6.45) is 0. The van der Waals surface area contributed by atoms with Crippen LogP contribution in [0.3, 0.4) is 0 Å². The van der Waals surface area contributed by atoms with E-state index in [4.69, 9.17) is 0 Å². The van der Waals surface area contributed by atoms with Gasteiger partial charge in [-0.05, 0) is 36.8 Å². The number of para-hydroxylation sites is 1. The normalized spacial score (nSPS) is 9.37. The maximum Gasteiger partial charge on any atom is 0.302 e. The van der Waals surface area contributed by atoms with E-state index in [1.54, 1.807) is 11.9 Å². The molecule has 19 heavy (non-hydrogen) atoms. The van der Waals surface area contributed by atoms with E-state index < -0.39 is 0 Å². The highest BCUT2D eigenvalue weighted by atomic mass is 16.2. The first kappa shape index (κ1) is 12.9. The maximum absolute atomic E-state index is 12.0. The lowest BCUT2D eigenvalue weighted by molar-refractivity contribution is -0.113. The van der Waals surface area contributed by atoms with Gasteiger partial charge < -0.3 is 4.90 Å². The number of anilines is 1. The van der Waals surface area contributed by atoms with E-state index in [9.17, 15) is 4.79 Å². The number of nitrogens with zero attached hydrogens (tertiary/aromatic N) is 1. The Morgan fingerprint density at radius 2 is 1.79 bits per heavy atom. The van der Waals surface area contributed by atoms with E-state index in [1.165, 1.54) is 0 Å². The summed E-state index contributed by atoms with van der Waals surface area (Å²) in [5.74, 6) is 5.34. The molecule has 0 aliphatic carbocycles. The third-order valence-corrected chi connectivity index (χ3v) is 2.78. The van der Waals surface area contributed by atoms with Gasteiger partial charge in [0.25, 0.3) is 0 Å². The van der Waals surface area contributed by atoms with Crippen LogP contribution in [0, 0.1) is 18.8 Å². The van der Waals surface area contributed by atoms with Gasteiger partial charge in [-0.15, -0.1) is 0 Å². The second-order valence-corrected chi connectivity index (χ2v) is 4.32. The first-order chi connectivity index (χ1) is 9.16. The molecule has 2 rings (SSSR count). The van der Waals surface area contributed by atoms with E-state index >= 15 is 0 Å². The van der Waals surface area contributed by atoms with Crippen LogP contribution in [0.1, 0.15) is 11.1 Å². The van der Waals surface area contributed by atoms with Gasteiger partial charge in [-0.3, -0.25) is 4.79 Å². The average Bonchev–Trinajstić information content (AvgIpc) is 2.45. The lowest BCUT2D eigenvalue weighted by Crippen LogP contribution is -2.24. The fourth-order valence-electron chi connectivity index (χ4n) is 1.70. The first-order valence-electron chi connectivity index (χ1n) is 6.08. The molecule has 0 unspecified atom stereocenters. The fraction of sp³-hybridized carbons (Fsp3) is 0.118. The average molecular weight is 249 g/mol.